The molecule has 1 fully saturated rings. The third-order valence-corrected chi connectivity index (χ3v) is 3.68. The van der Waals surface area contributed by atoms with Crippen LogP contribution in [0.4, 0.5) is 0 Å². The van der Waals surface area contributed by atoms with Crippen molar-refractivity contribution in [2.75, 3.05) is 12.8 Å². The van der Waals surface area contributed by atoms with Crippen molar-refractivity contribution in [3.8, 4) is 0 Å². The molecule has 20 heavy (non-hydrogen) atoms. The maximum atomic E-state index is 11.8. The Morgan fingerprint density at radius 3 is 2.30 bits per heavy atom. The molecular formula is C11H20N2O6S. The van der Waals surface area contributed by atoms with E-state index in [-0.39, 0.29) is 6.54 Å². The van der Waals surface area contributed by atoms with Gasteiger partial charge in [-0.15, -0.1) is 0 Å². The zero-order valence-electron chi connectivity index (χ0n) is 11.7. The van der Waals surface area contributed by atoms with E-state index in [9.17, 15) is 18.0 Å². The molecule has 1 saturated heterocycles. The van der Waals surface area contributed by atoms with Gasteiger partial charge in [-0.1, -0.05) is 0 Å². The highest BCUT2D eigenvalue weighted by molar-refractivity contribution is 7.88. The summed E-state index contributed by atoms with van der Waals surface area (Å²) in [7, 11) is -3.38. The summed E-state index contributed by atoms with van der Waals surface area (Å²) in [5.74, 6) is -1.52. The van der Waals surface area contributed by atoms with Crippen LogP contribution in [-0.4, -0.2) is 55.9 Å². The number of carbonyl (C=O) groups excluding carboxylic acids is 1. The molecule has 9 heteroatoms. The molecule has 1 rings (SSSR count). The van der Waals surface area contributed by atoms with E-state index < -0.39 is 39.6 Å². The monoisotopic (exact) mass is 308 g/mol. The smallest absolute Gasteiger partial charge is 0.332 e. The van der Waals surface area contributed by atoms with Crippen molar-refractivity contribution < 1.29 is 27.9 Å². The van der Waals surface area contributed by atoms with Gasteiger partial charge in [0, 0.05) is 12.1 Å². The predicted molar refractivity (Wildman–Crippen MR) is 70.6 cm³/mol. The summed E-state index contributed by atoms with van der Waals surface area (Å²) in [4.78, 5) is 22.5. The van der Waals surface area contributed by atoms with Crippen molar-refractivity contribution in [2.24, 2.45) is 0 Å². The molecule has 1 amide bonds. The zero-order chi connectivity index (χ0) is 15.6. The molecule has 2 atom stereocenters. The molecule has 2 unspecified atom stereocenters. The van der Waals surface area contributed by atoms with E-state index in [0.29, 0.717) is 12.8 Å². The Morgan fingerprint density at radius 2 is 1.85 bits per heavy atom. The van der Waals surface area contributed by atoms with Crippen molar-refractivity contribution >= 4 is 21.9 Å². The minimum Gasteiger partial charge on any atom is -0.479 e. The second-order valence-electron chi connectivity index (χ2n) is 5.50. The molecule has 3 N–H and O–H groups in total. The molecule has 1 heterocycles. The van der Waals surface area contributed by atoms with Crippen LogP contribution in [0.1, 0.15) is 26.7 Å². The largest absolute Gasteiger partial charge is 0.479 e. The van der Waals surface area contributed by atoms with Crippen molar-refractivity contribution in [3.05, 3.63) is 0 Å². The van der Waals surface area contributed by atoms with Gasteiger partial charge in [-0.3, -0.25) is 4.79 Å². The average molecular weight is 308 g/mol. The van der Waals surface area contributed by atoms with E-state index in [2.05, 4.69) is 10.0 Å². The molecule has 0 aliphatic carbocycles. The number of carbonyl (C=O) groups is 2. The molecule has 0 bridgehead atoms. The highest BCUT2D eigenvalue weighted by atomic mass is 32.2. The van der Waals surface area contributed by atoms with E-state index in [0.717, 1.165) is 6.26 Å². The van der Waals surface area contributed by atoms with Crippen molar-refractivity contribution in [3.63, 3.8) is 0 Å². The molecule has 0 radical (unpaired) electrons. The number of sulfonamides is 1. The number of ether oxygens (including phenoxy) is 1. The maximum absolute atomic E-state index is 11.8. The molecule has 0 saturated carbocycles. The summed E-state index contributed by atoms with van der Waals surface area (Å²) < 4.78 is 29.8. The van der Waals surface area contributed by atoms with Crippen LogP contribution in [-0.2, 0) is 24.3 Å². The minimum atomic E-state index is -3.38. The molecule has 8 nitrogen and oxygen atoms in total. The minimum absolute atomic E-state index is 0.0799. The normalized spacial score (nSPS) is 23.6. The molecule has 0 spiro atoms. The van der Waals surface area contributed by atoms with E-state index in [1.54, 1.807) is 13.8 Å². The van der Waals surface area contributed by atoms with Crippen molar-refractivity contribution in [1.82, 2.24) is 10.0 Å². The highest BCUT2D eigenvalue weighted by Crippen LogP contribution is 2.20. The van der Waals surface area contributed by atoms with Gasteiger partial charge in [-0.25, -0.2) is 17.9 Å². The van der Waals surface area contributed by atoms with Crippen molar-refractivity contribution in [2.45, 2.75) is 44.4 Å². The van der Waals surface area contributed by atoms with E-state index >= 15 is 0 Å². The van der Waals surface area contributed by atoms with Crippen LogP contribution in [0.15, 0.2) is 0 Å². The van der Waals surface area contributed by atoms with Crippen LogP contribution in [0, 0.1) is 0 Å². The van der Waals surface area contributed by atoms with Gasteiger partial charge in [0.15, 0.2) is 6.10 Å². The van der Waals surface area contributed by atoms with Crippen LogP contribution >= 0.6 is 0 Å². The fourth-order valence-electron chi connectivity index (χ4n) is 1.97. The highest BCUT2D eigenvalue weighted by Gasteiger charge is 2.35. The van der Waals surface area contributed by atoms with E-state index in [1.807, 2.05) is 0 Å². The summed E-state index contributed by atoms with van der Waals surface area (Å²) in [6, 6.07) is 0. The first-order valence-corrected chi connectivity index (χ1v) is 8.04. The van der Waals surface area contributed by atoms with Gasteiger partial charge in [0.1, 0.15) is 6.10 Å². The fourth-order valence-corrected chi connectivity index (χ4v) is 3.05. The average Bonchev–Trinajstić information content (AvgIpc) is 2.71. The Kier molecular flexibility index (Phi) is 5.11. The number of carboxylic acids is 1. The summed E-state index contributed by atoms with van der Waals surface area (Å²) in [5, 5.41) is 11.3. The number of aliphatic carboxylic acids is 1. The zero-order valence-corrected chi connectivity index (χ0v) is 12.5. The quantitative estimate of drug-likeness (QED) is 0.582. The lowest BCUT2D eigenvalue weighted by atomic mass is 10.1. The maximum Gasteiger partial charge on any atom is 0.332 e. The lowest BCUT2D eigenvalue weighted by Gasteiger charge is -2.26. The van der Waals surface area contributed by atoms with Crippen LogP contribution in [0.3, 0.4) is 0 Å². The first-order valence-electron chi connectivity index (χ1n) is 6.15. The molecule has 1 aliphatic heterocycles. The SMILES string of the molecule is CC(C)(CNC(=O)C1CCC(C(=O)O)O1)NS(C)(=O)=O. The van der Waals surface area contributed by atoms with Gasteiger partial charge >= 0.3 is 5.97 Å². The third kappa shape index (κ3) is 5.43. The van der Waals surface area contributed by atoms with Gasteiger partial charge < -0.3 is 15.2 Å². The summed E-state index contributed by atoms with van der Waals surface area (Å²) >= 11 is 0. The summed E-state index contributed by atoms with van der Waals surface area (Å²) in [6.45, 7) is 3.34. The number of nitrogens with one attached hydrogen (secondary N) is 2. The molecule has 1 aliphatic rings. The first-order chi connectivity index (χ1) is 9.00. The molecule has 0 aromatic heterocycles. The van der Waals surface area contributed by atoms with Gasteiger partial charge in [0.05, 0.1) is 6.26 Å². The number of amides is 1. The molecule has 116 valence electrons. The van der Waals surface area contributed by atoms with Crippen LogP contribution < -0.4 is 10.0 Å². The molecule has 0 aromatic carbocycles. The van der Waals surface area contributed by atoms with Crippen LogP contribution in [0.2, 0.25) is 0 Å². The Balaban J connectivity index is 2.46. The number of carboxylic acid groups (broad SMARTS) is 1. The summed E-state index contributed by atoms with van der Waals surface area (Å²) in [5.41, 5.74) is -0.839. The third-order valence-electron chi connectivity index (χ3n) is 2.75. The number of rotatable bonds is 6. The number of hydrogen-bond acceptors (Lipinski definition) is 5. The lowest BCUT2D eigenvalue weighted by Crippen LogP contribution is -2.52. The topological polar surface area (TPSA) is 122 Å². The Morgan fingerprint density at radius 1 is 1.30 bits per heavy atom. The van der Waals surface area contributed by atoms with Gasteiger partial charge in [0.25, 0.3) is 0 Å². The van der Waals surface area contributed by atoms with Crippen molar-refractivity contribution in [1.29, 1.82) is 0 Å². The standard InChI is InChI=1S/C11H20N2O6S/c1-11(2,13-20(3,17)18)6-12-9(14)7-4-5-8(19-7)10(15)16/h7-8,13H,4-6H2,1-3H3,(H,12,14)(H,15,16). The van der Waals surface area contributed by atoms with E-state index in [4.69, 9.17) is 9.84 Å². The van der Waals surface area contributed by atoms with Crippen LogP contribution in [0.5, 0.6) is 0 Å². The second-order valence-corrected chi connectivity index (χ2v) is 7.25. The second kappa shape index (κ2) is 6.06. The first kappa shape index (κ1) is 16.9. The van der Waals surface area contributed by atoms with Gasteiger partial charge in [0.2, 0.25) is 15.9 Å². The Labute approximate surface area is 117 Å². The summed E-state index contributed by atoms with van der Waals surface area (Å²) in [6.07, 6.45) is -0.0899. The Bertz CT molecular complexity index is 487. The van der Waals surface area contributed by atoms with E-state index in [1.165, 1.54) is 0 Å². The Hall–Kier alpha value is -1.19. The molecule has 0 aromatic rings. The lowest BCUT2D eigenvalue weighted by molar-refractivity contribution is -0.151. The van der Waals surface area contributed by atoms with Crippen LogP contribution in [0.25, 0.3) is 0 Å². The fraction of sp³-hybridized carbons (Fsp3) is 0.818. The van der Waals surface area contributed by atoms with Gasteiger partial charge in [-0.2, -0.15) is 0 Å². The predicted octanol–water partition coefficient (Wildman–Crippen LogP) is -0.937. The van der Waals surface area contributed by atoms with Gasteiger partial charge in [-0.05, 0) is 26.7 Å². The number of hydrogen-bond donors (Lipinski definition) is 3. The molecular weight excluding hydrogens is 288 g/mol.